The van der Waals surface area contributed by atoms with Crippen molar-refractivity contribution in [3.63, 3.8) is 0 Å². The molecule has 0 radical (unpaired) electrons. The van der Waals surface area contributed by atoms with Crippen molar-refractivity contribution in [2.75, 3.05) is 32.4 Å². The van der Waals surface area contributed by atoms with Gasteiger partial charge in [0.05, 0.1) is 12.8 Å². The summed E-state index contributed by atoms with van der Waals surface area (Å²) in [5, 5.41) is 4.26. The predicted octanol–water partition coefficient (Wildman–Crippen LogP) is 1.91. The first kappa shape index (κ1) is 18.3. The molecule has 7 nitrogen and oxygen atoms in total. The van der Waals surface area contributed by atoms with E-state index < -0.39 is 10.0 Å². The summed E-state index contributed by atoms with van der Waals surface area (Å²) < 4.78 is 25.0. The molecule has 0 saturated carbocycles. The van der Waals surface area contributed by atoms with Gasteiger partial charge < -0.3 is 15.2 Å². The van der Waals surface area contributed by atoms with Crippen LogP contribution in [0.25, 0.3) is 10.9 Å². The fraction of sp³-hybridized carbons (Fsp3) is 0.526. The third-order valence-electron chi connectivity index (χ3n) is 5.66. The Labute approximate surface area is 159 Å². The van der Waals surface area contributed by atoms with Crippen molar-refractivity contribution in [1.29, 1.82) is 0 Å². The van der Waals surface area contributed by atoms with E-state index in [2.05, 4.69) is 22.4 Å². The van der Waals surface area contributed by atoms with Crippen molar-refractivity contribution < 1.29 is 13.2 Å². The van der Waals surface area contributed by atoms with Gasteiger partial charge in [0.15, 0.2) is 0 Å². The third-order valence-corrected chi connectivity index (χ3v) is 6.93. The highest BCUT2D eigenvalue weighted by atomic mass is 32.2. The van der Waals surface area contributed by atoms with Crippen molar-refractivity contribution in [2.45, 2.75) is 25.8 Å². The summed E-state index contributed by atoms with van der Waals surface area (Å²) in [7, 11) is -3.16. The number of hydrogen-bond donors (Lipinski definition) is 2. The van der Waals surface area contributed by atoms with Crippen molar-refractivity contribution in [3.05, 3.63) is 35.5 Å². The maximum atomic E-state index is 12.6. The van der Waals surface area contributed by atoms with Crippen LogP contribution in [0.2, 0.25) is 0 Å². The minimum absolute atomic E-state index is 0.0733. The molecule has 1 atom stereocenters. The largest absolute Gasteiger partial charge is 0.357 e. The van der Waals surface area contributed by atoms with E-state index in [4.69, 9.17) is 0 Å². The number of urea groups is 1. The van der Waals surface area contributed by atoms with Gasteiger partial charge in [0, 0.05) is 42.8 Å². The van der Waals surface area contributed by atoms with Gasteiger partial charge in [-0.3, -0.25) is 0 Å². The monoisotopic (exact) mass is 390 g/mol. The Balaban J connectivity index is 1.35. The number of benzene rings is 1. The molecule has 146 valence electrons. The van der Waals surface area contributed by atoms with Crippen molar-refractivity contribution in [1.82, 2.24) is 19.5 Å². The van der Waals surface area contributed by atoms with E-state index in [0.717, 1.165) is 30.5 Å². The number of fused-ring (bicyclic) bond motifs is 3. The Kier molecular flexibility index (Phi) is 4.86. The normalized spacial score (nSPS) is 21.2. The van der Waals surface area contributed by atoms with E-state index >= 15 is 0 Å². The molecule has 3 heterocycles. The number of H-pyrrole nitrogens is 1. The highest BCUT2D eigenvalue weighted by Crippen LogP contribution is 2.27. The van der Waals surface area contributed by atoms with Crippen LogP contribution in [0.1, 0.15) is 24.1 Å². The lowest BCUT2D eigenvalue weighted by atomic mass is 10.00. The molecular weight excluding hydrogens is 364 g/mol. The quantitative estimate of drug-likeness (QED) is 0.839. The van der Waals surface area contributed by atoms with E-state index in [1.165, 1.54) is 21.5 Å². The first-order chi connectivity index (χ1) is 12.9. The molecule has 1 aromatic carbocycles. The summed E-state index contributed by atoms with van der Waals surface area (Å²) >= 11 is 0. The number of rotatable bonds is 3. The van der Waals surface area contributed by atoms with E-state index in [1.54, 1.807) is 0 Å². The van der Waals surface area contributed by atoms with E-state index in [1.807, 2.05) is 17.0 Å². The second kappa shape index (κ2) is 7.16. The van der Waals surface area contributed by atoms with Gasteiger partial charge in [-0.05, 0) is 36.8 Å². The lowest BCUT2D eigenvalue weighted by Crippen LogP contribution is -2.47. The van der Waals surface area contributed by atoms with Gasteiger partial charge in [-0.2, -0.15) is 0 Å². The summed E-state index contributed by atoms with van der Waals surface area (Å²) in [6.45, 7) is 2.86. The smallest absolute Gasteiger partial charge is 0.317 e. The Bertz CT molecular complexity index is 953. The number of hydrogen-bond acceptors (Lipinski definition) is 3. The van der Waals surface area contributed by atoms with Crippen LogP contribution in [0, 0.1) is 5.92 Å². The zero-order valence-electron chi connectivity index (χ0n) is 15.6. The molecule has 1 fully saturated rings. The van der Waals surface area contributed by atoms with Gasteiger partial charge in [-0.25, -0.2) is 17.5 Å². The first-order valence-corrected chi connectivity index (χ1v) is 11.3. The highest BCUT2D eigenvalue weighted by molar-refractivity contribution is 7.88. The maximum Gasteiger partial charge on any atom is 0.317 e. The third kappa shape index (κ3) is 3.82. The molecule has 2 aliphatic rings. The van der Waals surface area contributed by atoms with Gasteiger partial charge in [-0.1, -0.05) is 18.2 Å². The number of aromatic nitrogens is 1. The fourth-order valence-electron chi connectivity index (χ4n) is 4.20. The molecule has 2 aromatic rings. The average molecular weight is 391 g/mol. The number of amides is 2. The van der Waals surface area contributed by atoms with Crippen LogP contribution >= 0.6 is 0 Å². The van der Waals surface area contributed by atoms with Gasteiger partial charge in [-0.15, -0.1) is 0 Å². The number of nitrogens with zero attached hydrogens (tertiary/aromatic N) is 2. The minimum atomic E-state index is -3.16. The number of para-hydroxylation sites is 1. The number of nitrogens with one attached hydrogen (secondary N) is 2. The van der Waals surface area contributed by atoms with Crippen LogP contribution in [-0.4, -0.2) is 61.1 Å². The number of carbonyl (C=O) groups excluding carboxylic acids is 1. The summed E-state index contributed by atoms with van der Waals surface area (Å²) in [5.41, 5.74) is 3.54. The molecule has 0 spiro atoms. The lowest BCUT2D eigenvalue weighted by Gasteiger charge is -2.32. The SMILES string of the molecule is CS(=O)(=O)N1CCC[C@H](CNC(=O)N2CCc3c([nH]c4ccccc34)C2)C1. The van der Waals surface area contributed by atoms with Crippen molar-refractivity contribution in [2.24, 2.45) is 5.92 Å². The topological polar surface area (TPSA) is 85.5 Å². The zero-order chi connectivity index (χ0) is 19.0. The highest BCUT2D eigenvalue weighted by Gasteiger charge is 2.28. The minimum Gasteiger partial charge on any atom is -0.357 e. The second-order valence-corrected chi connectivity index (χ2v) is 9.60. The number of carbonyl (C=O) groups is 1. The molecule has 4 rings (SSSR count). The molecule has 2 amide bonds. The lowest BCUT2D eigenvalue weighted by molar-refractivity contribution is 0.186. The molecule has 8 heteroatoms. The molecule has 0 bridgehead atoms. The number of piperidine rings is 1. The van der Waals surface area contributed by atoms with Crippen LogP contribution in [0.5, 0.6) is 0 Å². The molecule has 27 heavy (non-hydrogen) atoms. The molecule has 1 saturated heterocycles. The Morgan fingerprint density at radius 1 is 1.30 bits per heavy atom. The van der Waals surface area contributed by atoms with E-state index in [9.17, 15) is 13.2 Å². The molecular formula is C19H26N4O3S. The summed E-state index contributed by atoms with van der Waals surface area (Å²) in [6, 6.07) is 8.17. The van der Waals surface area contributed by atoms with Gasteiger partial charge in [0.1, 0.15) is 0 Å². The summed E-state index contributed by atoms with van der Waals surface area (Å²) in [6.07, 6.45) is 3.88. The molecule has 0 aliphatic carbocycles. The molecule has 2 N–H and O–H groups in total. The predicted molar refractivity (Wildman–Crippen MR) is 105 cm³/mol. The average Bonchev–Trinajstić information content (AvgIpc) is 3.03. The summed E-state index contributed by atoms with van der Waals surface area (Å²) in [5.74, 6) is 0.172. The standard InChI is InChI=1S/C19H26N4O3S/c1-27(25,26)23-9-4-5-14(12-23)11-20-19(24)22-10-8-16-15-6-2-3-7-17(15)21-18(16)13-22/h2-3,6-7,14,21H,4-5,8-13H2,1H3,(H,20,24)/t14-/m1/s1. The Hall–Kier alpha value is -2.06. The summed E-state index contributed by atoms with van der Waals surface area (Å²) in [4.78, 5) is 17.9. The molecule has 0 unspecified atom stereocenters. The van der Waals surface area contributed by atoms with Crippen LogP contribution < -0.4 is 5.32 Å². The zero-order valence-corrected chi connectivity index (χ0v) is 16.4. The Morgan fingerprint density at radius 2 is 2.11 bits per heavy atom. The fourth-order valence-corrected chi connectivity index (χ4v) is 5.15. The van der Waals surface area contributed by atoms with Crippen LogP contribution in [0.4, 0.5) is 4.79 Å². The molecule has 2 aliphatic heterocycles. The van der Waals surface area contributed by atoms with Crippen molar-refractivity contribution >= 4 is 27.0 Å². The second-order valence-electron chi connectivity index (χ2n) is 7.61. The first-order valence-electron chi connectivity index (χ1n) is 9.48. The van der Waals surface area contributed by atoms with E-state index in [0.29, 0.717) is 32.7 Å². The van der Waals surface area contributed by atoms with Crippen molar-refractivity contribution in [3.8, 4) is 0 Å². The number of sulfonamides is 1. The van der Waals surface area contributed by atoms with Gasteiger partial charge in [0.25, 0.3) is 0 Å². The van der Waals surface area contributed by atoms with Gasteiger partial charge in [0.2, 0.25) is 10.0 Å². The maximum absolute atomic E-state index is 12.6. The van der Waals surface area contributed by atoms with Crippen LogP contribution in [0.3, 0.4) is 0 Å². The molecule has 1 aromatic heterocycles. The Morgan fingerprint density at radius 3 is 2.93 bits per heavy atom. The van der Waals surface area contributed by atoms with Crippen LogP contribution in [0.15, 0.2) is 24.3 Å². The van der Waals surface area contributed by atoms with E-state index in [-0.39, 0.29) is 11.9 Å². The van der Waals surface area contributed by atoms with Gasteiger partial charge >= 0.3 is 6.03 Å². The van der Waals surface area contributed by atoms with Crippen LogP contribution in [-0.2, 0) is 23.0 Å². The number of aromatic amines is 1.